The minimum atomic E-state index is 0.297. The highest BCUT2D eigenvalue weighted by Gasteiger charge is 2.03. The molecule has 0 saturated heterocycles. The number of aryl methyl sites for hydroxylation is 1. The third kappa shape index (κ3) is 3.00. The lowest BCUT2D eigenvalue weighted by atomic mass is 10.2. The summed E-state index contributed by atoms with van der Waals surface area (Å²) in [6.45, 7) is 2.00. The number of rotatable bonds is 2. The van der Waals surface area contributed by atoms with Gasteiger partial charge in [0.1, 0.15) is 11.0 Å². The van der Waals surface area contributed by atoms with Crippen molar-refractivity contribution in [2.24, 2.45) is 0 Å². The van der Waals surface area contributed by atoms with Crippen LogP contribution in [0.15, 0.2) is 34.8 Å². The van der Waals surface area contributed by atoms with E-state index < -0.39 is 0 Å². The lowest BCUT2D eigenvalue weighted by molar-refractivity contribution is 1.29. The molecular formula is C13H9BrClN3. The molecule has 0 bridgehead atoms. The van der Waals surface area contributed by atoms with Crippen LogP contribution >= 0.6 is 27.5 Å². The van der Waals surface area contributed by atoms with Crippen molar-refractivity contribution in [1.82, 2.24) is 4.98 Å². The van der Waals surface area contributed by atoms with Crippen LogP contribution in [0.1, 0.15) is 11.1 Å². The predicted octanol–water partition coefficient (Wildman–Crippen LogP) is 4.42. The Bertz CT molecular complexity index is 635. The van der Waals surface area contributed by atoms with Gasteiger partial charge in [-0.3, -0.25) is 0 Å². The van der Waals surface area contributed by atoms with Gasteiger partial charge in [0.2, 0.25) is 0 Å². The standard InChI is InChI=1S/C13H9BrClN3/c1-8-4-10(2-3-11(8)14)17-13-6-9(7-16)5-12(15)18-13/h2-6H,1H3,(H,17,18). The Morgan fingerprint density at radius 3 is 2.78 bits per heavy atom. The van der Waals surface area contributed by atoms with Gasteiger partial charge in [0.25, 0.3) is 0 Å². The molecule has 1 N–H and O–H groups in total. The number of anilines is 2. The molecule has 5 heteroatoms. The first-order valence-corrected chi connectivity index (χ1v) is 6.36. The molecule has 0 fully saturated rings. The molecule has 3 nitrogen and oxygen atoms in total. The van der Waals surface area contributed by atoms with E-state index in [-0.39, 0.29) is 0 Å². The number of nitriles is 1. The molecule has 0 unspecified atom stereocenters. The lowest BCUT2D eigenvalue weighted by Crippen LogP contribution is -1.95. The van der Waals surface area contributed by atoms with E-state index in [1.807, 2.05) is 31.2 Å². The summed E-state index contributed by atoms with van der Waals surface area (Å²) in [5.74, 6) is 0.556. The molecule has 0 aliphatic carbocycles. The molecule has 0 aliphatic rings. The van der Waals surface area contributed by atoms with Gasteiger partial charge in [0.15, 0.2) is 0 Å². The number of aromatic nitrogens is 1. The molecule has 1 heterocycles. The lowest BCUT2D eigenvalue weighted by Gasteiger charge is -2.08. The monoisotopic (exact) mass is 321 g/mol. The molecule has 0 saturated carbocycles. The minimum Gasteiger partial charge on any atom is -0.340 e. The second kappa shape index (κ2) is 5.38. The highest BCUT2D eigenvalue weighted by Crippen LogP contribution is 2.23. The summed E-state index contributed by atoms with van der Waals surface area (Å²) in [6.07, 6.45) is 0. The van der Waals surface area contributed by atoms with Crippen LogP contribution in [0.25, 0.3) is 0 Å². The average molecular weight is 323 g/mol. The van der Waals surface area contributed by atoms with E-state index in [9.17, 15) is 0 Å². The zero-order chi connectivity index (χ0) is 13.1. The van der Waals surface area contributed by atoms with Gasteiger partial charge >= 0.3 is 0 Å². The summed E-state index contributed by atoms with van der Waals surface area (Å²) < 4.78 is 1.05. The van der Waals surface area contributed by atoms with Gasteiger partial charge in [-0.1, -0.05) is 27.5 Å². The maximum Gasteiger partial charge on any atom is 0.133 e. The Labute approximate surface area is 119 Å². The van der Waals surface area contributed by atoms with Crippen molar-refractivity contribution >= 4 is 39.0 Å². The van der Waals surface area contributed by atoms with E-state index in [0.29, 0.717) is 16.5 Å². The van der Waals surface area contributed by atoms with Crippen LogP contribution in [-0.4, -0.2) is 4.98 Å². The first-order chi connectivity index (χ1) is 8.58. The highest BCUT2D eigenvalue weighted by atomic mass is 79.9. The maximum atomic E-state index is 8.86. The smallest absolute Gasteiger partial charge is 0.133 e. The summed E-state index contributed by atoms with van der Waals surface area (Å²) in [4.78, 5) is 4.12. The van der Waals surface area contributed by atoms with Gasteiger partial charge in [-0.2, -0.15) is 5.26 Å². The summed E-state index contributed by atoms with van der Waals surface area (Å²) in [7, 11) is 0. The number of nitrogens with zero attached hydrogens (tertiary/aromatic N) is 2. The quantitative estimate of drug-likeness (QED) is 0.833. The summed E-state index contributed by atoms with van der Waals surface area (Å²) in [5.41, 5.74) is 2.49. The van der Waals surface area contributed by atoms with E-state index in [2.05, 4.69) is 26.2 Å². The van der Waals surface area contributed by atoms with Crippen molar-refractivity contribution < 1.29 is 0 Å². The predicted molar refractivity (Wildman–Crippen MR) is 76.1 cm³/mol. The van der Waals surface area contributed by atoms with Crippen molar-refractivity contribution in [3.05, 3.63) is 51.1 Å². The number of pyridine rings is 1. The molecule has 1 aromatic heterocycles. The molecular weight excluding hydrogens is 314 g/mol. The Kier molecular flexibility index (Phi) is 3.85. The Hall–Kier alpha value is -1.57. The zero-order valence-corrected chi connectivity index (χ0v) is 11.9. The fourth-order valence-corrected chi connectivity index (χ4v) is 1.95. The van der Waals surface area contributed by atoms with Gasteiger partial charge < -0.3 is 5.32 Å². The summed E-state index contributed by atoms with van der Waals surface area (Å²) in [5, 5.41) is 12.3. The number of halogens is 2. The van der Waals surface area contributed by atoms with Gasteiger partial charge in [-0.05, 0) is 42.8 Å². The van der Waals surface area contributed by atoms with E-state index in [1.165, 1.54) is 6.07 Å². The van der Waals surface area contributed by atoms with Gasteiger partial charge in [-0.25, -0.2) is 4.98 Å². The molecule has 0 amide bonds. The Balaban J connectivity index is 2.31. The van der Waals surface area contributed by atoms with Crippen LogP contribution < -0.4 is 5.32 Å². The van der Waals surface area contributed by atoms with Crippen LogP contribution in [-0.2, 0) is 0 Å². The highest BCUT2D eigenvalue weighted by molar-refractivity contribution is 9.10. The molecule has 2 aromatic rings. The van der Waals surface area contributed by atoms with Crippen molar-refractivity contribution in [3.8, 4) is 6.07 Å². The SMILES string of the molecule is Cc1cc(Nc2cc(C#N)cc(Cl)n2)ccc1Br. The number of benzene rings is 1. The Morgan fingerprint density at radius 1 is 1.33 bits per heavy atom. The molecule has 18 heavy (non-hydrogen) atoms. The number of hydrogen-bond acceptors (Lipinski definition) is 3. The molecule has 2 rings (SSSR count). The fourth-order valence-electron chi connectivity index (χ4n) is 1.50. The minimum absolute atomic E-state index is 0.297. The summed E-state index contributed by atoms with van der Waals surface area (Å²) in [6, 6.07) is 11.1. The second-order valence-corrected chi connectivity index (χ2v) is 5.01. The third-order valence-electron chi connectivity index (χ3n) is 2.35. The van der Waals surface area contributed by atoms with E-state index in [0.717, 1.165) is 15.7 Å². The van der Waals surface area contributed by atoms with Gasteiger partial charge in [-0.15, -0.1) is 0 Å². The molecule has 0 spiro atoms. The van der Waals surface area contributed by atoms with Crippen LogP contribution in [0.4, 0.5) is 11.5 Å². The van der Waals surface area contributed by atoms with Crippen LogP contribution in [0, 0.1) is 18.3 Å². The van der Waals surface area contributed by atoms with Crippen molar-refractivity contribution in [2.75, 3.05) is 5.32 Å². The maximum absolute atomic E-state index is 8.86. The second-order valence-electron chi connectivity index (χ2n) is 3.76. The molecule has 0 atom stereocenters. The third-order valence-corrected chi connectivity index (χ3v) is 3.44. The van der Waals surface area contributed by atoms with Crippen LogP contribution in [0.5, 0.6) is 0 Å². The van der Waals surface area contributed by atoms with Gasteiger partial charge in [0.05, 0.1) is 11.6 Å². The van der Waals surface area contributed by atoms with E-state index >= 15 is 0 Å². The van der Waals surface area contributed by atoms with Crippen LogP contribution in [0.2, 0.25) is 5.15 Å². The van der Waals surface area contributed by atoms with Crippen molar-refractivity contribution in [1.29, 1.82) is 5.26 Å². The van der Waals surface area contributed by atoms with Crippen molar-refractivity contribution in [2.45, 2.75) is 6.92 Å². The summed E-state index contributed by atoms with van der Waals surface area (Å²) >= 11 is 9.28. The van der Waals surface area contributed by atoms with E-state index in [4.69, 9.17) is 16.9 Å². The first-order valence-electron chi connectivity index (χ1n) is 5.19. The van der Waals surface area contributed by atoms with Crippen molar-refractivity contribution in [3.63, 3.8) is 0 Å². The number of nitrogens with one attached hydrogen (secondary N) is 1. The van der Waals surface area contributed by atoms with Crippen LogP contribution in [0.3, 0.4) is 0 Å². The molecule has 0 aliphatic heterocycles. The zero-order valence-electron chi connectivity index (χ0n) is 9.54. The fraction of sp³-hybridized carbons (Fsp3) is 0.0769. The first kappa shape index (κ1) is 12.9. The Morgan fingerprint density at radius 2 is 2.11 bits per heavy atom. The van der Waals surface area contributed by atoms with Gasteiger partial charge in [0, 0.05) is 10.2 Å². The molecule has 0 radical (unpaired) electrons. The topological polar surface area (TPSA) is 48.7 Å². The average Bonchev–Trinajstić information content (AvgIpc) is 2.33. The van der Waals surface area contributed by atoms with E-state index in [1.54, 1.807) is 6.07 Å². The molecule has 90 valence electrons. The normalized spacial score (nSPS) is 9.89. The number of hydrogen-bond donors (Lipinski definition) is 1. The molecule has 1 aromatic carbocycles. The largest absolute Gasteiger partial charge is 0.340 e.